The van der Waals surface area contributed by atoms with Crippen LogP contribution in [-0.2, 0) is 11.8 Å². The summed E-state index contributed by atoms with van der Waals surface area (Å²) in [5.41, 5.74) is 4.33. The number of methoxy groups -OCH3 is 1. The fraction of sp³-hybridized carbons (Fsp3) is 0.467. The molecule has 1 N–H and O–H groups in total. The summed E-state index contributed by atoms with van der Waals surface area (Å²) in [7, 11) is 1.75. The third-order valence-electron chi connectivity index (χ3n) is 3.99. The minimum absolute atomic E-state index is 0.250. The first-order valence-electron chi connectivity index (χ1n) is 6.31. The standard InChI is InChI=1S/C15H19NO/c1-15(2)9-5-7-11-14(15)13-10(16-11)6-4-8-12(13)17-3/h4,6,8,16H,5,7,9H2,1-3H3. The van der Waals surface area contributed by atoms with Gasteiger partial charge in [-0.15, -0.1) is 0 Å². The molecule has 17 heavy (non-hydrogen) atoms. The largest absolute Gasteiger partial charge is 0.496 e. The molecule has 1 aliphatic rings. The number of nitrogens with one attached hydrogen (secondary N) is 1. The SMILES string of the molecule is COc1cccc2[nH]c3c(c12)C(C)(C)CCC3. The number of hydrogen-bond acceptors (Lipinski definition) is 1. The van der Waals surface area contributed by atoms with Crippen LogP contribution in [0.3, 0.4) is 0 Å². The zero-order valence-electron chi connectivity index (χ0n) is 10.8. The fourth-order valence-corrected chi connectivity index (χ4v) is 3.21. The van der Waals surface area contributed by atoms with E-state index in [-0.39, 0.29) is 5.41 Å². The molecule has 0 spiro atoms. The maximum atomic E-state index is 5.53. The first kappa shape index (κ1) is 10.7. The topological polar surface area (TPSA) is 25.0 Å². The van der Waals surface area contributed by atoms with Crippen molar-refractivity contribution in [2.45, 2.75) is 38.5 Å². The van der Waals surface area contributed by atoms with E-state index in [0.29, 0.717) is 0 Å². The van der Waals surface area contributed by atoms with Crippen molar-refractivity contribution < 1.29 is 4.74 Å². The molecule has 90 valence electrons. The van der Waals surface area contributed by atoms with E-state index in [1.54, 1.807) is 7.11 Å². The highest BCUT2D eigenvalue weighted by Gasteiger charge is 2.32. The molecule has 1 heterocycles. The summed E-state index contributed by atoms with van der Waals surface area (Å²) in [6.45, 7) is 4.68. The van der Waals surface area contributed by atoms with Crippen LogP contribution >= 0.6 is 0 Å². The molecule has 0 bridgehead atoms. The van der Waals surface area contributed by atoms with Crippen molar-refractivity contribution in [3.05, 3.63) is 29.5 Å². The number of ether oxygens (including phenoxy) is 1. The predicted molar refractivity (Wildman–Crippen MR) is 70.8 cm³/mol. The van der Waals surface area contributed by atoms with Gasteiger partial charge in [-0.2, -0.15) is 0 Å². The Bertz CT molecular complexity index is 566. The second-order valence-corrected chi connectivity index (χ2v) is 5.60. The molecular weight excluding hydrogens is 210 g/mol. The Kier molecular flexibility index (Phi) is 2.22. The molecule has 2 aromatic rings. The van der Waals surface area contributed by atoms with Crippen LogP contribution in [0.2, 0.25) is 0 Å². The van der Waals surface area contributed by atoms with Crippen molar-refractivity contribution in [1.82, 2.24) is 4.98 Å². The van der Waals surface area contributed by atoms with Crippen LogP contribution < -0.4 is 4.74 Å². The van der Waals surface area contributed by atoms with Gasteiger partial charge in [0.15, 0.2) is 0 Å². The number of aryl methyl sites for hydroxylation is 1. The number of aromatic amines is 1. The molecular formula is C15H19NO. The van der Waals surface area contributed by atoms with Gasteiger partial charge in [0.2, 0.25) is 0 Å². The lowest BCUT2D eigenvalue weighted by atomic mass is 9.74. The van der Waals surface area contributed by atoms with E-state index >= 15 is 0 Å². The Balaban J connectivity index is 2.39. The van der Waals surface area contributed by atoms with E-state index in [9.17, 15) is 0 Å². The van der Waals surface area contributed by atoms with Crippen LogP contribution in [-0.4, -0.2) is 12.1 Å². The van der Waals surface area contributed by atoms with Crippen molar-refractivity contribution in [1.29, 1.82) is 0 Å². The molecule has 1 aliphatic carbocycles. The maximum absolute atomic E-state index is 5.53. The van der Waals surface area contributed by atoms with E-state index < -0.39 is 0 Å². The van der Waals surface area contributed by atoms with Crippen LogP contribution in [0.15, 0.2) is 18.2 Å². The summed E-state index contributed by atoms with van der Waals surface area (Å²) in [5, 5.41) is 1.29. The predicted octanol–water partition coefficient (Wildman–Crippen LogP) is 3.79. The Labute approximate surface area is 102 Å². The highest BCUT2D eigenvalue weighted by molar-refractivity contribution is 5.91. The highest BCUT2D eigenvalue weighted by Crippen LogP contribution is 2.44. The monoisotopic (exact) mass is 229 g/mol. The summed E-state index contributed by atoms with van der Waals surface area (Å²) < 4.78 is 5.53. The van der Waals surface area contributed by atoms with Gasteiger partial charge in [0.05, 0.1) is 7.11 Å². The van der Waals surface area contributed by atoms with Crippen molar-refractivity contribution in [3.8, 4) is 5.75 Å². The van der Waals surface area contributed by atoms with E-state index in [0.717, 1.165) is 12.2 Å². The lowest BCUT2D eigenvalue weighted by Gasteiger charge is -2.30. The Morgan fingerprint density at radius 1 is 1.29 bits per heavy atom. The van der Waals surface area contributed by atoms with Gasteiger partial charge in [-0.25, -0.2) is 0 Å². The van der Waals surface area contributed by atoms with Gasteiger partial charge in [-0.1, -0.05) is 19.9 Å². The van der Waals surface area contributed by atoms with Crippen LogP contribution in [0.1, 0.15) is 37.9 Å². The second-order valence-electron chi connectivity index (χ2n) is 5.60. The van der Waals surface area contributed by atoms with E-state index in [4.69, 9.17) is 4.74 Å². The van der Waals surface area contributed by atoms with Crippen LogP contribution in [0.5, 0.6) is 5.75 Å². The molecule has 0 fully saturated rings. The van der Waals surface area contributed by atoms with Crippen molar-refractivity contribution in [3.63, 3.8) is 0 Å². The smallest absolute Gasteiger partial charge is 0.128 e. The van der Waals surface area contributed by atoms with Gasteiger partial charge < -0.3 is 9.72 Å². The van der Waals surface area contributed by atoms with Crippen molar-refractivity contribution >= 4 is 10.9 Å². The molecule has 0 unspecified atom stereocenters. The van der Waals surface area contributed by atoms with Crippen molar-refractivity contribution in [2.75, 3.05) is 7.11 Å². The first-order chi connectivity index (χ1) is 8.13. The lowest BCUT2D eigenvalue weighted by molar-refractivity contribution is 0.413. The molecule has 1 aromatic heterocycles. The fourth-order valence-electron chi connectivity index (χ4n) is 3.21. The molecule has 1 aromatic carbocycles. The van der Waals surface area contributed by atoms with Gasteiger partial charge in [0.25, 0.3) is 0 Å². The number of fused-ring (bicyclic) bond motifs is 3. The van der Waals surface area contributed by atoms with Crippen molar-refractivity contribution in [2.24, 2.45) is 0 Å². The second kappa shape index (κ2) is 3.52. The summed E-state index contributed by atoms with van der Waals surface area (Å²) in [5.74, 6) is 0.995. The third-order valence-corrected chi connectivity index (χ3v) is 3.99. The molecule has 2 nitrogen and oxygen atoms in total. The van der Waals surface area contributed by atoms with Gasteiger partial charge in [-0.3, -0.25) is 0 Å². The molecule has 2 heteroatoms. The van der Waals surface area contributed by atoms with E-state index in [1.165, 1.54) is 35.0 Å². The highest BCUT2D eigenvalue weighted by atomic mass is 16.5. The minimum Gasteiger partial charge on any atom is -0.496 e. The third kappa shape index (κ3) is 1.47. The maximum Gasteiger partial charge on any atom is 0.128 e. The summed E-state index contributed by atoms with van der Waals surface area (Å²) in [6.07, 6.45) is 3.69. The average molecular weight is 229 g/mol. The van der Waals surface area contributed by atoms with E-state index in [2.05, 4.69) is 37.0 Å². The zero-order valence-corrected chi connectivity index (χ0v) is 10.8. The molecule has 0 atom stereocenters. The molecule has 0 saturated heterocycles. The number of aromatic nitrogens is 1. The lowest BCUT2D eigenvalue weighted by Crippen LogP contribution is -2.23. The summed E-state index contributed by atoms with van der Waals surface area (Å²) >= 11 is 0. The van der Waals surface area contributed by atoms with Crippen LogP contribution in [0, 0.1) is 0 Å². The van der Waals surface area contributed by atoms with Gasteiger partial charge in [0.1, 0.15) is 5.75 Å². The molecule has 0 saturated carbocycles. The van der Waals surface area contributed by atoms with Gasteiger partial charge in [-0.05, 0) is 42.4 Å². The number of rotatable bonds is 1. The zero-order chi connectivity index (χ0) is 12.0. The van der Waals surface area contributed by atoms with E-state index in [1.807, 2.05) is 0 Å². The number of hydrogen-bond donors (Lipinski definition) is 1. The molecule has 3 rings (SSSR count). The van der Waals surface area contributed by atoms with Gasteiger partial charge >= 0.3 is 0 Å². The number of benzene rings is 1. The Morgan fingerprint density at radius 2 is 2.12 bits per heavy atom. The number of H-pyrrole nitrogens is 1. The first-order valence-corrected chi connectivity index (χ1v) is 6.31. The Morgan fingerprint density at radius 3 is 2.88 bits per heavy atom. The normalized spacial score (nSPS) is 18.1. The van der Waals surface area contributed by atoms with Crippen LogP contribution in [0.4, 0.5) is 0 Å². The quantitative estimate of drug-likeness (QED) is 0.790. The van der Waals surface area contributed by atoms with Crippen LogP contribution in [0.25, 0.3) is 10.9 Å². The summed E-state index contributed by atoms with van der Waals surface area (Å²) in [6, 6.07) is 6.25. The Hall–Kier alpha value is -1.44. The average Bonchev–Trinajstić information content (AvgIpc) is 2.67. The molecule has 0 radical (unpaired) electrons. The molecule has 0 aliphatic heterocycles. The molecule has 0 amide bonds. The summed E-state index contributed by atoms with van der Waals surface area (Å²) in [4.78, 5) is 3.57. The van der Waals surface area contributed by atoms with Gasteiger partial charge in [0, 0.05) is 16.6 Å². The minimum atomic E-state index is 0.250.